The van der Waals surface area contributed by atoms with Gasteiger partial charge in [-0.1, -0.05) is 12.1 Å². The largest absolute Gasteiger partial charge is 0.388 e. The number of fused-ring (bicyclic) bond motifs is 1. The molecule has 0 spiro atoms. The molecule has 2 nitrogen and oxygen atoms in total. The maximum absolute atomic E-state index is 10.4. The Morgan fingerprint density at radius 2 is 2.00 bits per heavy atom. The highest BCUT2D eigenvalue weighted by molar-refractivity contribution is 7.18. The van der Waals surface area contributed by atoms with Crippen molar-refractivity contribution in [3.8, 4) is 0 Å². The molecule has 0 amide bonds. The summed E-state index contributed by atoms with van der Waals surface area (Å²) in [5.41, 5.74) is 2.06. The molecular formula is C15H15NOS2. The van der Waals surface area contributed by atoms with Crippen molar-refractivity contribution < 1.29 is 5.11 Å². The number of rotatable bonds is 3. The zero-order chi connectivity index (χ0) is 13.4. The normalized spacial score (nSPS) is 13.0. The molecule has 0 saturated heterocycles. The van der Waals surface area contributed by atoms with Crippen molar-refractivity contribution in [3.63, 3.8) is 0 Å². The summed E-state index contributed by atoms with van der Waals surface area (Å²) in [5, 5.41) is 11.4. The van der Waals surface area contributed by atoms with Crippen molar-refractivity contribution >= 4 is 32.9 Å². The van der Waals surface area contributed by atoms with Crippen molar-refractivity contribution in [2.45, 2.75) is 26.4 Å². The summed E-state index contributed by atoms with van der Waals surface area (Å²) < 4.78 is 1.18. The van der Waals surface area contributed by atoms with E-state index in [0.717, 1.165) is 16.1 Å². The molecule has 0 aliphatic heterocycles. The van der Waals surface area contributed by atoms with Crippen molar-refractivity contribution in [1.29, 1.82) is 0 Å². The minimum Gasteiger partial charge on any atom is -0.388 e. The molecule has 0 bridgehead atoms. The lowest BCUT2D eigenvalue weighted by Gasteiger charge is -2.07. The maximum atomic E-state index is 10.4. The van der Waals surface area contributed by atoms with E-state index in [-0.39, 0.29) is 0 Å². The van der Waals surface area contributed by atoms with Crippen LogP contribution in [-0.4, -0.2) is 10.1 Å². The summed E-state index contributed by atoms with van der Waals surface area (Å²) in [6.07, 6.45) is 0.140. The van der Waals surface area contributed by atoms with Gasteiger partial charge in [-0.15, -0.1) is 22.7 Å². The summed E-state index contributed by atoms with van der Waals surface area (Å²) in [6, 6.07) is 10.2. The van der Waals surface area contributed by atoms with E-state index in [9.17, 15) is 5.11 Å². The van der Waals surface area contributed by atoms with E-state index < -0.39 is 6.10 Å². The summed E-state index contributed by atoms with van der Waals surface area (Å²) >= 11 is 3.40. The third kappa shape index (κ3) is 2.56. The third-order valence-electron chi connectivity index (χ3n) is 3.14. The molecule has 0 aliphatic carbocycles. The second kappa shape index (κ2) is 5.04. The second-order valence-corrected chi connectivity index (χ2v) is 7.24. The van der Waals surface area contributed by atoms with Crippen LogP contribution in [0.1, 0.15) is 26.4 Å². The molecular weight excluding hydrogens is 274 g/mol. The number of hydrogen-bond donors (Lipinski definition) is 1. The van der Waals surface area contributed by atoms with Crippen LogP contribution in [0.3, 0.4) is 0 Å². The Morgan fingerprint density at radius 1 is 1.21 bits per heavy atom. The van der Waals surface area contributed by atoms with E-state index in [1.807, 2.05) is 18.2 Å². The lowest BCUT2D eigenvalue weighted by atomic mass is 10.1. The van der Waals surface area contributed by atoms with E-state index in [4.69, 9.17) is 0 Å². The van der Waals surface area contributed by atoms with Crippen LogP contribution in [0.2, 0.25) is 0 Å². The average molecular weight is 289 g/mol. The first-order chi connectivity index (χ1) is 9.13. The van der Waals surface area contributed by atoms with Crippen LogP contribution in [0.5, 0.6) is 0 Å². The van der Waals surface area contributed by atoms with Gasteiger partial charge in [0.15, 0.2) is 0 Å². The number of thiazole rings is 1. The first kappa shape index (κ1) is 12.8. The molecule has 3 aromatic rings. The first-order valence-corrected chi connectivity index (χ1v) is 7.86. The lowest BCUT2D eigenvalue weighted by Crippen LogP contribution is -2.01. The topological polar surface area (TPSA) is 33.1 Å². The van der Waals surface area contributed by atoms with Gasteiger partial charge in [-0.2, -0.15) is 0 Å². The molecule has 98 valence electrons. The van der Waals surface area contributed by atoms with E-state index in [1.165, 1.54) is 14.5 Å². The van der Waals surface area contributed by atoms with Gasteiger partial charge in [0.05, 0.1) is 21.3 Å². The minimum atomic E-state index is -0.453. The molecule has 1 N–H and O–H groups in total. The number of hydrogen-bond acceptors (Lipinski definition) is 4. The van der Waals surface area contributed by atoms with Crippen LogP contribution >= 0.6 is 22.7 Å². The number of thiophene rings is 1. The Labute approximate surface area is 120 Å². The van der Waals surface area contributed by atoms with Gasteiger partial charge in [-0.05, 0) is 37.6 Å². The molecule has 2 heterocycles. The summed E-state index contributed by atoms with van der Waals surface area (Å²) in [4.78, 5) is 7.02. The van der Waals surface area contributed by atoms with Crippen molar-refractivity contribution in [2.75, 3.05) is 0 Å². The highest BCUT2D eigenvalue weighted by Crippen LogP contribution is 2.30. The number of benzene rings is 1. The Bertz CT molecular complexity index is 681. The van der Waals surface area contributed by atoms with E-state index >= 15 is 0 Å². The fraction of sp³-hybridized carbons (Fsp3) is 0.267. The Morgan fingerprint density at radius 3 is 2.68 bits per heavy atom. The van der Waals surface area contributed by atoms with Gasteiger partial charge in [0.2, 0.25) is 0 Å². The zero-order valence-electron chi connectivity index (χ0n) is 10.9. The van der Waals surface area contributed by atoms with Crippen molar-refractivity contribution in [2.24, 2.45) is 0 Å². The molecule has 0 radical (unpaired) electrons. The zero-order valence-corrected chi connectivity index (χ0v) is 12.5. The molecule has 1 atom stereocenters. The number of aliphatic hydroxyl groups is 1. The molecule has 0 saturated carbocycles. The quantitative estimate of drug-likeness (QED) is 0.782. The van der Waals surface area contributed by atoms with Crippen molar-refractivity contribution in [1.82, 2.24) is 4.98 Å². The van der Waals surface area contributed by atoms with Crippen LogP contribution in [0.15, 0.2) is 30.3 Å². The molecule has 4 heteroatoms. The Hall–Kier alpha value is -1.23. The third-order valence-corrected chi connectivity index (χ3v) is 5.18. The average Bonchev–Trinajstić information content (AvgIpc) is 2.91. The predicted octanol–water partition coefficient (Wildman–Crippen LogP) is 4.25. The second-order valence-electron chi connectivity index (χ2n) is 4.66. The number of aliphatic hydroxyl groups excluding tert-OH is 1. The number of aromatic nitrogens is 1. The maximum Gasteiger partial charge on any atom is 0.0967 e. The Balaban J connectivity index is 1.86. The summed E-state index contributed by atoms with van der Waals surface area (Å²) in [5.74, 6) is 0. The van der Waals surface area contributed by atoms with Gasteiger partial charge in [-0.25, -0.2) is 4.98 Å². The smallest absolute Gasteiger partial charge is 0.0967 e. The molecule has 3 rings (SSSR count). The van der Waals surface area contributed by atoms with Gasteiger partial charge in [0.25, 0.3) is 0 Å². The minimum absolute atomic E-state index is 0.453. The highest BCUT2D eigenvalue weighted by atomic mass is 32.1. The van der Waals surface area contributed by atoms with Crippen LogP contribution in [-0.2, 0) is 6.42 Å². The fourth-order valence-corrected chi connectivity index (χ4v) is 4.25. The first-order valence-electron chi connectivity index (χ1n) is 6.23. The van der Waals surface area contributed by atoms with E-state index in [0.29, 0.717) is 6.42 Å². The van der Waals surface area contributed by atoms with Gasteiger partial charge in [-0.3, -0.25) is 0 Å². The Kier molecular flexibility index (Phi) is 3.39. The van der Waals surface area contributed by atoms with Gasteiger partial charge < -0.3 is 5.11 Å². The summed E-state index contributed by atoms with van der Waals surface area (Å²) in [7, 11) is 0. The number of nitrogens with zero attached hydrogens (tertiary/aromatic N) is 1. The van der Waals surface area contributed by atoms with E-state index in [1.54, 1.807) is 22.7 Å². The number of aryl methyl sites for hydroxylation is 2. The molecule has 0 aliphatic rings. The van der Waals surface area contributed by atoms with Crippen molar-refractivity contribution in [3.05, 3.63) is 50.7 Å². The SMILES string of the molecule is Cc1cc(C(O)Cc2nc3ccccc3s2)c(C)s1. The van der Waals surface area contributed by atoms with Crippen LogP contribution in [0.25, 0.3) is 10.2 Å². The molecule has 19 heavy (non-hydrogen) atoms. The van der Waals surface area contributed by atoms with Crippen LogP contribution < -0.4 is 0 Å². The van der Waals surface area contributed by atoms with Gasteiger partial charge in [0.1, 0.15) is 0 Å². The fourth-order valence-electron chi connectivity index (χ4n) is 2.26. The summed E-state index contributed by atoms with van der Waals surface area (Å²) in [6.45, 7) is 4.14. The molecule has 1 aromatic carbocycles. The highest BCUT2D eigenvalue weighted by Gasteiger charge is 2.15. The van der Waals surface area contributed by atoms with Gasteiger partial charge in [0, 0.05) is 16.2 Å². The lowest BCUT2D eigenvalue weighted by molar-refractivity contribution is 0.178. The standard InChI is InChI=1S/C15H15NOS2/c1-9-7-11(10(2)18-9)13(17)8-15-16-12-5-3-4-6-14(12)19-15/h3-7,13,17H,8H2,1-2H3. The van der Waals surface area contributed by atoms with Crippen LogP contribution in [0, 0.1) is 13.8 Å². The molecule has 2 aromatic heterocycles. The predicted molar refractivity (Wildman–Crippen MR) is 82.1 cm³/mol. The number of para-hydroxylation sites is 1. The van der Waals surface area contributed by atoms with Gasteiger partial charge >= 0.3 is 0 Å². The molecule has 1 unspecified atom stereocenters. The van der Waals surface area contributed by atoms with Crippen LogP contribution in [0.4, 0.5) is 0 Å². The molecule has 0 fully saturated rings. The monoisotopic (exact) mass is 289 g/mol. The van der Waals surface area contributed by atoms with E-state index in [2.05, 4.69) is 31.0 Å².